The highest BCUT2D eigenvalue weighted by Gasteiger charge is 2.34. The average Bonchev–Trinajstić information content (AvgIpc) is 2.75. The maximum absolute atomic E-state index is 12.6. The number of halogens is 4. The molecule has 3 aromatic rings. The molecule has 0 aliphatic carbocycles. The Kier molecular flexibility index (Phi) is 9.02. The Morgan fingerprint density at radius 1 is 0.875 bits per heavy atom. The summed E-state index contributed by atoms with van der Waals surface area (Å²) in [5.74, 6) is -0.307. The lowest BCUT2D eigenvalue weighted by atomic mass is 10.0. The second-order valence-electron chi connectivity index (χ2n) is 6.89. The molecule has 0 bridgehead atoms. The van der Waals surface area contributed by atoms with E-state index < -0.39 is 9.96 Å². The predicted octanol–water partition coefficient (Wildman–Crippen LogP) is 6.30. The van der Waals surface area contributed by atoms with E-state index in [2.05, 4.69) is 38.5 Å². The van der Waals surface area contributed by atoms with Crippen molar-refractivity contribution in [3.63, 3.8) is 0 Å². The first kappa shape index (κ1) is 25.1. The van der Waals surface area contributed by atoms with E-state index in [1.165, 1.54) is 0 Å². The number of hydrogen-bond donors (Lipinski definition) is 3. The van der Waals surface area contributed by atoms with Gasteiger partial charge in [0.1, 0.15) is 6.17 Å². The lowest BCUT2D eigenvalue weighted by Gasteiger charge is -2.27. The van der Waals surface area contributed by atoms with Crippen LogP contribution in [-0.4, -0.2) is 21.0 Å². The summed E-state index contributed by atoms with van der Waals surface area (Å²) in [6, 6.07) is 25.4. The van der Waals surface area contributed by atoms with Crippen LogP contribution in [0, 0.1) is 3.57 Å². The number of carbonyl (C=O) groups excluding carboxylic acids is 1. The summed E-state index contributed by atoms with van der Waals surface area (Å²) in [6.45, 7) is 0. The third kappa shape index (κ3) is 7.78. The Balaban J connectivity index is 1.59. The van der Waals surface area contributed by atoms with Crippen LogP contribution in [0.25, 0.3) is 11.1 Å². The Labute approximate surface area is 221 Å². The van der Waals surface area contributed by atoms with Crippen molar-refractivity contribution in [2.45, 2.75) is 16.4 Å². The van der Waals surface area contributed by atoms with Gasteiger partial charge in [-0.3, -0.25) is 4.79 Å². The molecular weight excluding hydrogens is 600 g/mol. The van der Waals surface area contributed by atoms with Gasteiger partial charge in [0, 0.05) is 9.26 Å². The Hall–Kier alpha value is -1.58. The Morgan fingerprint density at radius 2 is 1.47 bits per heavy atom. The zero-order valence-electron chi connectivity index (χ0n) is 16.6. The quantitative estimate of drug-likeness (QED) is 0.131. The van der Waals surface area contributed by atoms with E-state index in [1.807, 2.05) is 78.9 Å². The highest BCUT2D eigenvalue weighted by Crippen LogP contribution is 2.29. The number of hydrogen-bond acceptors (Lipinski definition) is 2. The van der Waals surface area contributed by atoms with E-state index in [9.17, 15) is 4.79 Å². The fraction of sp³-hybridized carbons (Fsp3) is 0.130. The largest absolute Gasteiger partial charge is 0.339 e. The second-order valence-corrected chi connectivity index (χ2v) is 10.9. The van der Waals surface area contributed by atoms with E-state index in [4.69, 9.17) is 47.0 Å². The monoisotopic (exact) mass is 617 g/mol. The van der Waals surface area contributed by atoms with E-state index >= 15 is 0 Å². The van der Waals surface area contributed by atoms with Gasteiger partial charge in [0.25, 0.3) is 0 Å². The molecule has 1 atom stereocenters. The highest BCUT2D eigenvalue weighted by molar-refractivity contribution is 14.1. The van der Waals surface area contributed by atoms with E-state index in [1.54, 1.807) is 0 Å². The molecule has 0 saturated heterocycles. The molecule has 3 rings (SSSR count). The zero-order chi connectivity index (χ0) is 23.1. The van der Waals surface area contributed by atoms with Crippen molar-refractivity contribution in [3.8, 4) is 11.1 Å². The smallest absolute Gasteiger partial charge is 0.228 e. The van der Waals surface area contributed by atoms with E-state index in [0.717, 1.165) is 25.9 Å². The van der Waals surface area contributed by atoms with Crippen LogP contribution in [0.1, 0.15) is 5.56 Å². The minimum atomic E-state index is -1.81. The zero-order valence-corrected chi connectivity index (χ0v) is 21.9. The molecule has 0 aliphatic heterocycles. The van der Waals surface area contributed by atoms with Crippen LogP contribution in [0.4, 0.5) is 5.69 Å². The molecule has 0 saturated carbocycles. The second kappa shape index (κ2) is 11.5. The summed E-state index contributed by atoms with van der Waals surface area (Å²) in [6.07, 6.45) is -0.891. The fourth-order valence-electron chi connectivity index (χ4n) is 2.87. The molecule has 4 nitrogen and oxygen atoms in total. The molecule has 0 radical (unpaired) electrons. The minimum absolute atomic E-state index is 0.130. The number of alkyl halides is 3. The topological polar surface area (TPSA) is 53.2 Å². The fourth-order valence-corrected chi connectivity index (χ4v) is 3.80. The lowest BCUT2D eigenvalue weighted by molar-refractivity contribution is -0.121. The molecule has 0 aliphatic rings. The van der Waals surface area contributed by atoms with Crippen molar-refractivity contribution in [1.29, 1.82) is 0 Å². The number of carbonyl (C=O) groups is 1. The average molecular weight is 619 g/mol. The summed E-state index contributed by atoms with van der Waals surface area (Å²) in [7, 11) is 0. The van der Waals surface area contributed by atoms with Gasteiger partial charge < -0.3 is 16.0 Å². The molecule has 1 unspecified atom stereocenters. The van der Waals surface area contributed by atoms with Crippen molar-refractivity contribution in [2.75, 3.05) is 5.32 Å². The predicted molar refractivity (Wildman–Crippen MR) is 146 cm³/mol. The molecule has 0 heterocycles. The first-order valence-corrected chi connectivity index (χ1v) is 12.2. The SMILES string of the molecule is O=C(Cc1ccc(-c2ccccc2)cc1)NC(NC(=S)Nc1ccc(I)cc1)C(Cl)(Cl)Cl. The molecular formula is C23H19Cl3IN3OS. The molecule has 9 heteroatoms. The Bertz CT molecular complexity index is 1060. The van der Waals surface area contributed by atoms with Gasteiger partial charge in [-0.2, -0.15) is 0 Å². The van der Waals surface area contributed by atoms with Crippen molar-refractivity contribution >= 4 is 86.3 Å². The molecule has 0 spiro atoms. The number of nitrogens with one attached hydrogen (secondary N) is 3. The van der Waals surface area contributed by atoms with Crippen molar-refractivity contribution in [1.82, 2.24) is 10.6 Å². The molecule has 0 aromatic heterocycles. The summed E-state index contributed by atoms with van der Waals surface area (Å²) in [4.78, 5) is 12.6. The number of thiocarbonyl (C=S) groups is 1. The van der Waals surface area contributed by atoms with Crippen molar-refractivity contribution in [3.05, 3.63) is 88.0 Å². The standard InChI is InChI=1S/C23H19Cl3IN3OS/c24-23(25,26)21(30-22(32)28-19-12-10-18(27)11-13-19)29-20(31)14-15-6-8-17(9-7-15)16-4-2-1-3-5-16/h1-13,21H,14H2,(H,29,31)(H2,28,30,32). The maximum Gasteiger partial charge on any atom is 0.228 e. The van der Waals surface area contributed by atoms with Gasteiger partial charge in [0.2, 0.25) is 9.70 Å². The number of rotatable bonds is 6. The van der Waals surface area contributed by atoms with E-state index in [0.29, 0.717) is 0 Å². The first-order chi connectivity index (χ1) is 15.2. The van der Waals surface area contributed by atoms with Crippen LogP contribution < -0.4 is 16.0 Å². The molecule has 166 valence electrons. The van der Waals surface area contributed by atoms with Gasteiger partial charge in [-0.25, -0.2) is 0 Å². The Morgan fingerprint density at radius 3 is 2.06 bits per heavy atom. The van der Waals surface area contributed by atoms with Crippen LogP contribution in [0.15, 0.2) is 78.9 Å². The summed E-state index contributed by atoms with van der Waals surface area (Å²) in [5.41, 5.74) is 3.79. The third-order valence-corrected chi connectivity index (χ3v) is 6.03. The van der Waals surface area contributed by atoms with Gasteiger partial charge in [0.05, 0.1) is 6.42 Å². The van der Waals surface area contributed by atoms with Gasteiger partial charge in [0.15, 0.2) is 5.11 Å². The summed E-state index contributed by atoms with van der Waals surface area (Å²) >= 11 is 25.7. The van der Waals surface area contributed by atoms with Crippen LogP contribution in [-0.2, 0) is 11.2 Å². The van der Waals surface area contributed by atoms with Crippen LogP contribution in [0.2, 0.25) is 0 Å². The van der Waals surface area contributed by atoms with Crippen molar-refractivity contribution in [2.24, 2.45) is 0 Å². The normalized spacial score (nSPS) is 12.0. The molecule has 32 heavy (non-hydrogen) atoms. The van der Waals surface area contributed by atoms with Crippen LogP contribution in [0.5, 0.6) is 0 Å². The third-order valence-electron chi connectivity index (χ3n) is 4.44. The molecule has 3 aromatic carbocycles. The first-order valence-electron chi connectivity index (χ1n) is 9.54. The summed E-state index contributed by atoms with van der Waals surface area (Å²) < 4.78 is -0.722. The van der Waals surface area contributed by atoms with Gasteiger partial charge in [-0.05, 0) is 75.8 Å². The number of anilines is 1. The molecule has 3 N–H and O–H groups in total. The van der Waals surface area contributed by atoms with Gasteiger partial charge >= 0.3 is 0 Å². The lowest BCUT2D eigenvalue weighted by Crippen LogP contribution is -2.56. The maximum atomic E-state index is 12.6. The molecule has 1 amide bonds. The number of benzene rings is 3. The van der Waals surface area contributed by atoms with Gasteiger partial charge in [-0.15, -0.1) is 0 Å². The minimum Gasteiger partial charge on any atom is -0.339 e. The van der Waals surface area contributed by atoms with Crippen LogP contribution >= 0.6 is 69.6 Å². The number of amides is 1. The highest BCUT2D eigenvalue weighted by atomic mass is 127. The van der Waals surface area contributed by atoms with Gasteiger partial charge in [-0.1, -0.05) is 89.4 Å². The van der Waals surface area contributed by atoms with E-state index in [-0.39, 0.29) is 17.4 Å². The summed E-state index contributed by atoms with van der Waals surface area (Å²) in [5, 5.41) is 8.78. The molecule has 0 fully saturated rings. The van der Waals surface area contributed by atoms with Crippen LogP contribution in [0.3, 0.4) is 0 Å². The van der Waals surface area contributed by atoms with Crippen molar-refractivity contribution < 1.29 is 4.79 Å².